The zero-order valence-electron chi connectivity index (χ0n) is 15.7. The van der Waals surface area contributed by atoms with Crippen LogP contribution in [0.25, 0.3) is 10.2 Å². The van der Waals surface area contributed by atoms with Gasteiger partial charge < -0.3 is 4.74 Å². The van der Waals surface area contributed by atoms with Gasteiger partial charge in [-0.25, -0.2) is 4.98 Å². The molecule has 1 saturated heterocycles. The molecular weight excluding hydrogens is 458 g/mol. The Bertz CT molecular complexity index is 965. The van der Waals surface area contributed by atoms with Crippen LogP contribution >= 0.6 is 38.6 Å². The first kappa shape index (κ1) is 20.0. The van der Waals surface area contributed by atoms with Crippen molar-refractivity contribution in [3.05, 3.63) is 44.6 Å². The van der Waals surface area contributed by atoms with Gasteiger partial charge in [-0.05, 0) is 53.0 Å². The number of hydrogen-bond acceptors (Lipinski definition) is 6. The summed E-state index contributed by atoms with van der Waals surface area (Å²) in [5.41, 5.74) is 2.13. The molecule has 0 atom stereocenters. The van der Waals surface area contributed by atoms with Crippen LogP contribution in [-0.4, -0.2) is 55.2 Å². The standard InChI is InChI=1S/C20H22BrN3O2S2/c1-14-4-2-5-15-18(14)22-20(28-15)24(19(25)16-6-7-17(21)27-16)9-3-8-23-10-12-26-13-11-23/h2,4-7H,3,8-13H2,1H3. The minimum absolute atomic E-state index is 0.0226. The lowest BCUT2D eigenvalue weighted by molar-refractivity contribution is 0.0376. The Labute approximate surface area is 181 Å². The van der Waals surface area contributed by atoms with E-state index in [9.17, 15) is 4.79 Å². The lowest BCUT2D eigenvalue weighted by atomic mass is 10.2. The van der Waals surface area contributed by atoms with Crippen molar-refractivity contribution in [2.45, 2.75) is 13.3 Å². The summed E-state index contributed by atoms with van der Waals surface area (Å²) in [4.78, 5) is 23.0. The molecule has 0 unspecified atom stereocenters. The van der Waals surface area contributed by atoms with E-state index in [0.29, 0.717) is 6.54 Å². The predicted octanol–water partition coefficient (Wildman–Crippen LogP) is 4.80. The molecule has 4 rings (SSSR count). The SMILES string of the molecule is Cc1cccc2sc(N(CCCN3CCOCC3)C(=O)c3ccc(Br)s3)nc12. The number of thiazole rings is 1. The molecule has 0 bridgehead atoms. The lowest BCUT2D eigenvalue weighted by Gasteiger charge is -2.27. The average molecular weight is 480 g/mol. The molecule has 1 amide bonds. The molecule has 3 aromatic rings. The molecule has 148 valence electrons. The molecule has 5 nitrogen and oxygen atoms in total. The number of ether oxygens (including phenoxy) is 1. The largest absolute Gasteiger partial charge is 0.379 e. The van der Waals surface area contributed by atoms with Gasteiger partial charge in [0.25, 0.3) is 5.91 Å². The Kier molecular flexibility index (Phi) is 6.42. The van der Waals surface area contributed by atoms with Crippen LogP contribution in [0.1, 0.15) is 21.7 Å². The number of rotatable bonds is 6. The van der Waals surface area contributed by atoms with Gasteiger partial charge in [-0.2, -0.15) is 0 Å². The molecule has 1 aromatic carbocycles. The number of carbonyl (C=O) groups is 1. The monoisotopic (exact) mass is 479 g/mol. The number of fused-ring (bicyclic) bond motifs is 1. The third kappa shape index (κ3) is 4.46. The average Bonchev–Trinajstić information content (AvgIpc) is 3.33. The Morgan fingerprint density at radius 3 is 2.79 bits per heavy atom. The second-order valence-corrected chi connectivity index (χ2v) is 10.3. The van der Waals surface area contributed by atoms with Gasteiger partial charge >= 0.3 is 0 Å². The number of carbonyl (C=O) groups excluding carboxylic acids is 1. The number of anilines is 1. The van der Waals surface area contributed by atoms with Crippen molar-refractivity contribution in [2.75, 3.05) is 44.3 Å². The fourth-order valence-corrected chi connectivity index (χ4v) is 5.72. The molecule has 0 spiro atoms. The van der Waals surface area contributed by atoms with Gasteiger partial charge in [0.15, 0.2) is 5.13 Å². The van der Waals surface area contributed by atoms with E-state index in [4.69, 9.17) is 9.72 Å². The Hall–Kier alpha value is -1.32. The van der Waals surface area contributed by atoms with E-state index >= 15 is 0 Å². The first-order valence-corrected chi connectivity index (χ1v) is 11.8. The van der Waals surface area contributed by atoms with Crippen LogP contribution in [-0.2, 0) is 4.74 Å². The number of morpholine rings is 1. The summed E-state index contributed by atoms with van der Waals surface area (Å²) in [7, 11) is 0. The van der Waals surface area contributed by atoms with E-state index in [-0.39, 0.29) is 5.91 Å². The molecular formula is C20H22BrN3O2S2. The molecule has 0 radical (unpaired) electrons. The van der Waals surface area contributed by atoms with Gasteiger partial charge in [-0.1, -0.05) is 23.5 Å². The highest BCUT2D eigenvalue weighted by Crippen LogP contribution is 2.32. The number of benzene rings is 1. The Balaban J connectivity index is 1.56. The summed E-state index contributed by atoms with van der Waals surface area (Å²) in [5, 5.41) is 0.779. The summed E-state index contributed by atoms with van der Waals surface area (Å²) in [6.45, 7) is 7.20. The summed E-state index contributed by atoms with van der Waals surface area (Å²) in [6, 6.07) is 9.98. The van der Waals surface area contributed by atoms with Gasteiger partial charge in [0.1, 0.15) is 0 Å². The number of aromatic nitrogens is 1. The van der Waals surface area contributed by atoms with Crippen molar-refractivity contribution < 1.29 is 9.53 Å². The maximum absolute atomic E-state index is 13.3. The maximum Gasteiger partial charge on any atom is 0.270 e. The quantitative estimate of drug-likeness (QED) is 0.509. The second-order valence-electron chi connectivity index (χ2n) is 6.79. The molecule has 8 heteroatoms. The van der Waals surface area contributed by atoms with Crippen molar-refractivity contribution in [3.63, 3.8) is 0 Å². The van der Waals surface area contributed by atoms with Crippen LogP contribution in [0.2, 0.25) is 0 Å². The van der Waals surface area contributed by atoms with Crippen molar-refractivity contribution in [1.82, 2.24) is 9.88 Å². The highest BCUT2D eigenvalue weighted by atomic mass is 79.9. The fraction of sp³-hybridized carbons (Fsp3) is 0.400. The molecule has 3 heterocycles. The molecule has 1 aliphatic heterocycles. The number of amides is 1. The van der Waals surface area contributed by atoms with Crippen molar-refractivity contribution >= 4 is 59.9 Å². The molecule has 1 fully saturated rings. The normalized spacial score (nSPS) is 15.2. The van der Waals surface area contributed by atoms with Crippen LogP contribution in [0.15, 0.2) is 34.1 Å². The fourth-order valence-electron chi connectivity index (χ4n) is 3.31. The third-order valence-corrected chi connectivity index (χ3v) is 7.48. The molecule has 0 N–H and O–H groups in total. The van der Waals surface area contributed by atoms with Crippen LogP contribution in [0.3, 0.4) is 0 Å². The van der Waals surface area contributed by atoms with Gasteiger partial charge in [0, 0.05) is 26.2 Å². The molecule has 28 heavy (non-hydrogen) atoms. The van der Waals surface area contributed by atoms with Gasteiger partial charge in [-0.15, -0.1) is 11.3 Å². The number of aryl methyl sites for hydroxylation is 1. The predicted molar refractivity (Wildman–Crippen MR) is 120 cm³/mol. The topological polar surface area (TPSA) is 45.7 Å². The zero-order valence-corrected chi connectivity index (χ0v) is 18.9. The van der Waals surface area contributed by atoms with Crippen LogP contribution in [0, 0.1) is 6.92 Å². The number of para-hydroxylation sites is 1. The van der Waals surface area contributed by atoms with E-state index in [1.165, 1.54) is 11.3 Å². The smallest absolute Gasteiger partial charge is 0.270 e. The van der Waals surface area contributed by atoms with Crippen molar-refractivity contribution in [2.24, 2.45) is 0 Å². The molecule has 0 saturated carbocycles. The summed E-state index contributed by atoms with van der Waals surface area (Å²) < 4.78 is 7.50. The van der Waals surface area contributed by atoms with Gasteiger partial charge in [0.2, 0.25) is 0 Å². The van der Waals surface area contributed by atoms with E-state index in [1.54, 1.807) is 11.3 Å². The van der Waals surface area contributed by atoms with E-state index in [2.05, 4.69) is 39.9 Å². The summed E-state index contributed by atoms with van der Waals surface area (Å²) in [6.07, 6.45) is 0.910. The number of nitrogens with zero attached hydrogens (tertiary/aromatic N) is 3. The lowest BCUT2D eigenvalue weighted by Crippen LogP contribution is -2.39. The van der Waals surface area contributed by atoms with Crippen molar-refractivity contribution in [3.8, 4) is 0 Å². The van der Waals surface area contributed by atoms with Gasteiger partial charge in [0.05, 0.1) is 32.1 Å². The molecule has 2 aromatic heterocycles. The molecule has 0 aliphatic carbocycles. The minimum Gasteiger partial charge on any atom is -0.379 e. The van der Waals surface area contributed by atoms with E-state index in [0.717, 1.165) is 68.8 Å². The second kappa shape index (κ2) is 9.00. The van der Waals surface area contributed by atoms with E-state index in [1.807, 2.05) is 23.1 Å². The van der Waals surface area contributed by atoms with Crippen LogP contribution < -0.4 is 4.90 Å². The first-order chi connectivity index (χ1) is 13.6. The Morgan fingerprint density at radius 1 is 1.25 bits per heavy atom. The van der Waals surface area contributed by atoms with Crippen molar-refractivity contribution in [1.29, 1.82) is 0 Å². The van der Waals surface area contributed by atoms with Crippen LogP contribution in [0.5, 0.6) is 0 Å². The third-order valence-electron chi connectivity index (χ3n) is 4.83. The highest BCUT2D eigenvalue weighted by molar-refractivity contribution is 9.11. The van der Waals surface area contributed by atoms with E-state index < -0.39 is 0 Å². The first-order valence-electron chi connectivity index (χ1n) is 9.35. The summed E-state index contributed by atoms with van der Waals surface area (Å²) in [5.74, 6) is 0.0226. The maximum atomic E-state index is 13.3. The molecule has 1 aliphatic rings. The number of thiophene rings is 1. The number of halogens is 1. The highest BCUT2D eigenvalue weighted by Gasteiger charge is 2.23. The summed E-state index contributed by atoms with van der Waals surface area (Å²) >= 11 is 6.52. The van der Waals surface area contributed by atoms with Gasteiger partial charge in [-0.3, -0.25) is 14.6 Å². The number of hydrogen-bond donors (Lipinski definition) is 0. The minimum atomic E-state index is 0.0226. The van der Waals surface area contributed by atoms with Crippen LogP contribution in [0.4, 0.5) is 5.13 Å². The zero-order chi connectivity index (χ0) is 19.5. The Morgan fingerprint density at radius 2 is 2.07 bits per heavy atom.